The third-order valence-electron chi connectivity index (χ3n) is 4.22. The molecule has 5 nitrogen and oxygen atoms in total. The van der Waals surface area contributed by atoms with Gasteiger partial charge in [0.25, 0.3) is 0 Å². The minimum Gasteiger partial charge on any atom is -0.481 e. The Kier molecular flexibility index (Phi) is 8.12. The van der Waals surface area contributed by atoms with Crippen molar-refractivity contribution in [1.29, 1.82) is 0 Å². The second kappa shape index (κ2) is 10.0. The summed E-state index contributed by atoms with van der Waals surface area (Å²) in [5.41, 5.74) is 0.0449. The molecular weight excluding hydrogens is 467 g/mol. The number of amides is 1. The monoisotopic (exact) mass is 489 g/mol. The highest BCUT2D eigenvalue weighted by atomic mass is 35.5. The van der Waals surface area contributed by atoms with Crippen molar-refractivity contribution in [3.05, 3.63) is 47.0 Å². The number of anilines is 1. The van der Waals surface area contributed by atoms with Crippen molar-refractivity contribution in [1.82, 2.24) is 0 Å². The van der Waals surface area contributed by atoms with Crippen LogP contribution in [0.5, 0.6) is 11.5 Å². The predicted octanol–water partition coefficient (Wildman–Crippen LogP) is 6.79. The molecule has 0 spiro atoms. The minimum atomic E-state index is -4.45. The van der Waals surface area contributed by atoms with Crippen LogP contribution in [0.3, 0.4) is 0 Å². The highest BCUT2D eigenvalue weighted by Gasteiger charge is 2.37. The van der Waals surface area contributed by atoms with Gasteiger partial charge in [0.1, 0.15) is 16.7 Å². The van der Waals surface area contributed by atoms with E-state index in [-0.39, 0.29) is 33.7 Å². The molecule has 0 saturated heterocycles. The van der Waals surface area contributed by atoms with Crippen molar-refractivity contribution in [2.45, 2.75) is 50.4 Å². The van der Waals surface area contributed by atoms with Crippen molar-refractivity contribution in [3.8, 4) is 11.5 Å². The Labute approximate surface area is 193 Å². The summed E-state index contributed by atoms with van der Waals surface area (Å²) in [4.78, 5) is 23.4. The lowest BCUT2D eigenvalue weighted by Gasteiger charge is -2.21. The number of aliphatic carboxylic acids is 1. The fourth-order valence-electron chi connectivity index (χ4n) is 2.37. The Morgan fingerprint density at radius 2 is 1.78 bits per heavy atom. The summed E-state index contributed by atoms with van der Waals surface area (Å²) < 4.78 is 45.3. The van der Waals surface area contributed by atoms with E-state index >= 15 is 0 Å². The van der Waals surface area contributed by atoms with Crippen LogP contribution >= 0.6 is 23.4 Å². The normalized spacial score (nSPS) is 12.9. The topological polar surface area (TPSA) is 75.6 Å². The zero-order chi connectivity index (χ0) is 24.3. The Morgan fingerprint density at radius 1 is 1.12 bits per heavy atom. The fourth-order valence-corrected chi connectivity index (χ4v) is 3.46. The number of carbonyl (C=O) groups is 2. The molecule has 0 aliphatic carbocycles. The first kappa shape index (κ1) is 25.9. The van der Waals surface area contributed by atoms with Crippen molar-refractivity contribution < 1.29 is 32.6 Å². The molecular formula is C22H23ClF3NO4S. The maximum Gasteiger partial charge on any atom is 0.400 e. The molecule has 1 amide bonds. The van der Waals surface area contributed by atoms with E-state index < -0.39 is 22.8 Å². The molecule has 2 N–H and O–H groups in total. The highest BCUT2D eigenvalue weighted by Crippen LogP contribution is 2.43. The molecule has 2 aromatic carbocycles. The van der Waals surface area contributed by atoms with Gasteiger partial charge in [-0.15, -0.1) is 11.8 Å². The number of carboxylic acid groups (broad SMARTS) is 1. The van der Waals surface area contributed by atoms with Crippen LogP contribution in [0, 0.1) is 5.41 Å². The highest BCUT2D eigenvalue weighted by molar-refractivity contribution is 8.00. The van der Waals surface area contributed by atoms with Gasteiger partial charge < -0.3 is 15.2 Å². The van der Waals surface area contributed by atoms with Gasteiger partial charge in [-0.25, -0.2) is 0 Å². The van der Waals surface area contributed by atoms with Gasteiger partial charge in [-0.2, -0.15) is 13.2 Å². The summed E-state index contributed by atoms with van der Waals surface area (Å²) in [7, 11) is 0. The molecule has 0 aliphatic rings. The van der Waals surface area contributed by atoms with Crippen LogP contribution in [0.15, 0.2) is 41.3 Å². The number of carbonyl (C=O) groups excluding carboxylic acids is 1. The van der Waals surface area contributed by atoms with Crippen molar-refractivity contribution in [2.75, 3.05) is 5.32 Å². The zero-order valence-corrected chi connectivity index (χ0v) is 19.4. The Balaban J connectivity index is 2.42. The quantitative estimate of drug-likeness (QED) is 0.419. The third-order valence-corrected chi connectivity index (χ3v) is 5.72. The number of ether oxygens (including phenoxy) is 1. The summed E-state index contributed by atoms with van der Waals surface area (Å²) in [5, 5.41) is 10.1. The fraction of sp³-hybridized carbons (Fsp3) is 0.364. The molecule has 174 valence electrons. The first-order valence-electron chi connectivity index (χ1n) is 9.54. The molecule has 0 saturated carbocycles. The second-order valence-electron chi connectivity index (χ2n) is 8.10. The third kappa shape index (κ3) is 7.34. The maximum absolute atomic E-state index is 13.2. The van der Waals surface area contributed by atoms with Crippen LogP contribution in [0.25, 0.3) is 0 Å². The van der Waals surface area contributed by atoms with Crippen LogP contribution in [0.1, 0.15) is 33.3 Å². The number of carboxylic acids is 1. The van der Waals surface area contributed by atoms with Gasteiger partial charge >= 0.3 is 12.1 Å². The van der Waals surface area contributed by atoms with Crippen LogP contribution in [0.2, 0.25) is 5.02 Å². The van der Waals surface area contributed by atoms with Crippen LogP contribution < -0.4 is 10.1 Å². The number of benzene rings is 2. The van der Waals surface area contributed by atoms with Gasteiger partial charge in [0.15, 0.2) is 0 Å². The molecule has 0 bridgehead atoms. The van der Waals surface area contributed by atoms with E-state index in [1.54, 1.807) is 20.8 Å². The van der Waals surface area contributed by atoms with Gasteiger partial charge in [-0.05, 0) is 42.8 Å². The minimum absolute atomic E-state index is 0.0919. The number of halogens is 4. The second-order valence-corrected chi connectivity index (χ2v) is 9.89. The number of nitrogens with one attached hydrogen (secondary N) is 1. The lowest BCUT2D eigenvalue weighted by Crippen LogP contribution is -2.27. The molecule has 2 rings (SSSR count). The molecule has 0 aliphatic heterocycles. The van der Waals surface area contributed by atoms with Gasteiger partial charge in [-0.1, -0.05) is 38.4 Å². The zero-order valence-electron chi connectivity index (χ0n) is 17.8. The maximum atomic E-state index is 13.2. The molecule has 1 atom stereocenters. The van der Waals surface area contributed by atoms with E-state index in [2.05, 4.69) is 5.32 Å². The molecule has 0 aromatic heterocycles. The summed E-state index contributed by atoms with van der Waals surface area (Å²) >= 11 is 6.67. The SMILES string of the molecule is CC(Sc1cc(NC(=O)C(C)(C)C)ccc1Oc1cc(CC(=O)O)ccc1Cl)C(F)(F)F. The van der Waals surface area contributed by atoms with E-state index in [0.29, 0.717) is 23.0 Å². The number of thioether (sulfide) groups is 1. The largest absolute Gasteiger partial charge is 0.481 e. The lowest BCUT2D eigenvalue weighted by atomic mass is 9.95. The standard InChI is InChI=1S/C22H23ClF3NO4S/c1-12(22(24,25)26)32-18-11-14(27-20(30)21(2,3)4)6-8-16(18)31-17-9-13(10-19(28)29)5-7-15(17)23/h5-9,11-12H,10H2,1-4H3,(H,27,30)(H,28,29). The summed E-state index contributed by atoms with van der Waals surface area (Å²) in [6.45, 7) is 6.17. The van der Waals surface area contributed by atoms with E-state index in [9.17, 15) is 22.8 Å². The average Bonchev–Trinajstić information content (AvgIpc) is 2.64. The van der Waals surface area contributed by atoms with Crippen LogP contribution in [-0.2, 0) is 16.0 Å². The average molecular weight is 490 g/mol. The van der Waals surface area contributed by atoms with Gasteiger partial charge in [0, 0.05) is 11.1 Å². The predicted molar refractivity (Wildman–Crippen MR) is 119 cm³/mol. The van der Waals surface area contributed by atoms with Crippen molar-refractivity contribution >= 4 is 40.9 Å². The number of rotatable bonds is 7. The Hall–Kier alpha value is -2.39. The molecule has 0 radical (unpaired) electrons. The smallest absolute Gasteiger partial charge is 0.400 e. The molecule has 32 heavy (non-hydrogen) atoms. The summed E-state index contributed by atoms with van der Waals surface area (Å²) in [6, 6.07) is 8.75. The molecule has 1 unspecified atom stereocenters. The summed E-state index contributed by atoms with van der Waals surface area (Å²) in [6.07, 6.45) is -4.72. The summed E-state index contributed by atoms with van der Waals surface area (Å²) in [5.74, 6) is -1.14. The van der Waals surface area contributed by atoms with Crippen molar-refractivity contribution in [3.63, 3.8) is 0 Å². The van der Waals surface area contributed by atoms with Crippen molar-refractivity contribution in [2.24, 2.45) is 5.41 Å². The van der Waals surface area contributed by atoms with E-state index in [1.165, 1.54) is 36.4 Å². The van der Waals surface area contributed by atoms with E-state index in [4.69, 9.17) is 21.4 Å². The number of alkyl halides is 3. The van der Waals surface area contributed by atoms with Gasteiger partial charge in [-0.3, -0.25) is 9.59 Å². The first-order valence-corrected chi connectivity index (χ1v) is 10.8. The Bertz CT molecular complexity index is 1010. The number of hydrogen-bond acceptors (Lipinski definition) is 4. The Morgan fingerprint density at radius 3 is 2.34 bits per heavy atom. The van der Waals surface area contributed by atoms with E-state index in [0.717, 1.165) is 6.92 Å². The van der Waals surface area contributed by atoms with Gasteiger partial charge in [0.2, 0.25) is 5.91 Å². The molecule has 0 fully saturated rings. The lowest BCUT2D eigenvalue weighted by molar-refractivity contribution is -0.136. The first-order chi connectivity index (χ1) is 14.7. The molecule has 0 heterocycles. The van der Waals surface area contributed by atoms with Gasteiger partial charge in [0.05, 0.1) is 16.3 Å². The molecule has 2 aromatic rings. The molecule has 10 heteroatoms. The van der Waals surface area contributed by atoms with Crippen LogP contribution in [-0.4, -0.2) is 28.4 Å². The van der Waals surface area contributed by atoms with Crippen LogP contribution in [0.4, 0.5) is 18.9 Å². The van der Waals surface area contributed by atoms with E-state index in [1.807, 2.05) is 0 Å². The number of hydrogen-bond donors (Lipinski definition) is 2.